The van der Waals surface area contributed by atoms with E-state index in [2.05, 4.69) is 5.32 Å². The molecule has 0 saturated heterocycles. The molecule has 0 atom stereocenters. The molecule has 2 aromatic rings. The van der Waals surface area contributed by atoms with Crippen LogP contribution in [0.5, 0.6) is 0 Å². The van der Waals surface area contributed by atoms with Crippen molar-refractivity contribution in [2.75, 3.05) is 5.32 Å². The highest BCUT2D eigenvalue weighted by molar-refractivity contribution is 5.85. The second-order valence-corrected chi connectivity index (χ2v) is 6.61. The normalized spacial score (nSPS) is 11.2. The van der Waals surface area contributed by atoms with Crippen LogP contribution in [0.1, 0.15) is 32.0 Å². The number of carbonyl (C=O) groups excluding carboxylic acids is 1. The highest BCUT2D eigenvalue weighted by Crippen LogP contribution is 2.29. The van der Waals surface area contributed by atoms with Crippen LogP contribution in [-0.4, -0.2) is 11.7 Å². The molecule has 1 aromatic carbocycles. The van der Waals surface area contributed by atoms with Gasteiger partial charge in [0.1, 0.15) is 11.4 Å². The van der Waals surface area contributed by atoms with Crippen molar-refractivity contribution in [3.8, 4) is 11.1 Å². The van der Waals surface area contributed by atoms with Crippen molar-refractivity contribution in [3.63, 3.8) is 0 Å². The van der Waals surface area contributed by atoms with E-state index in [0.717, 1.165) is 5.56 Å². The Hall–Kier alpha value is -2.63. The van der Waals surface area contributed by atoms with Crippen molar-refractivity contribution >= 4 is 11.8 Å². The molecular formula is C18H21FN2O3. The lowest BCUT2D eigenvalue weighted by atomic mass is 9.99. The van der Waals surface area contributed by atoms with Gasteiger partial charge in [0, 0.05) is 24.2 Å². The van der Waals surface area contributed by atoms with E-state index >= 15 is 0 Å². The Morgan fingerprint density at radius 1 is 1.25 bits per heavy atom. The van der Waals surface area contributed by atoms with Gasteiger partial charge in [-0.1, -0.05) is 0 Å². The van der Waals surface area contributed by atoms with Crippen molar-refractivity contribution < 1.29 is 18.7 Å². The average Bonchev–Trinajstić information content (AvgIpc) is 2.43. The summed E-state index contributed by atoms with van der Waals surface area (Å²) >= 11 is 0. The van der Waals surface area contributed by atoms with Crippen LogP contribution in [0.15, 0.2) is 30.5 Å². The van der Waals surface area contributed by atoms with Gasteiger partial charge in [0.15, 0.2) is 11.9 Å². The van der Waals surface area contributed by atoms with Gasteiger partial charge in [-0.2, -0.15) is 4.73 Å². The minimum absolute atomic E-state index is 0.284. The molecule has 24 heavy (non-hydrogen) atoms. The predicted octanol–water partition coefficient (Wildman–Crippen LogP) is 4.09. The van der Waals surface area contributed by atoms with Gasteiger partial charge in [0.2, 0.25) is 0 Å². The van der Waals surface area contributed by atoms with Crippen LogP contribution in [0.2, 0.25) is 0 Å². The van der Waals surface area contributed by atoms with Gasteiger partial charge < -0.3 is 9.94 Å². The molecule has 2 rings (SSSR count). The van der Waals surface area contributed by atoms with Crippen molar-refractivity contribution in [1.29, 1.82) is 0 Å². The highest BCUT2D eigenvalue weighted by atomic mass is 19.1. The third kappa shape index (κ3) is 4.01. The van der Waals surface area contributed by atoms with Gasteiger partial charge in [-0.05, 0) is 51.5 Å². The number of rotatable bonds is 2. The van der Waals surface area contributed by atoms with Crippen molar-refractivity contribution in [3.05, 3.63) is 52.7 Å². The summed E-state index contributed by atoms with van der Waals surface area (Å²) in [6.07, 6.45) is 0.740. The van der Waals surface area contributed by atoms with E-state index in [9.17, 15) is 14.4 Å². The fraction of sp³-hybridized carbons (Fsp3) is 0.333. The Balaban J connectivity index is 2.32. The zero-order chi connectivity index (χ0) is 18.1. The molecule has 0 radical (unpaired) electrons. The SMILES string of the molecule is Cc1cc[n+]([O-])c(C)c1-c1ccc(NC(=O)OC(C)(C)C)cc1F. The Bertz CT molecular complexity index is 783. The van der Waals surface area contributed by atoms with Gasteiger partial charge in [-0.15, -0.1) is 0 Å². The largest absolute Gasteiger partial charge is 0.618 e. The molecule has 6 heteroatoms. The third-order valence-electron chi connectivity index (χ3n) is 3.43. The summed E-state index contributed by atoms with van der Waals surface area (Å²) in [5.74, 6) is -0.527. The quantitative estimate of drug-likeness (QED) is 0.665. The molecule has 128 valence electrons. The van der Waals surface area contributed by atoms with Gasteiger partial charge in [0.05, 0.1) is 5.56 Å². The van der Waals surface area contributed by atoms with Crippen LogP contribution >= 0.6 is 0 Å². The van der Waals surface area contributed by atoms with Crippen LogP contribution in [0.4, 0.5) is 14.9 Å². The maximum Gasteiger partial charge on any atom is 0.412 e. The molecule has 5 nitrogen and oxygen atoms in total. The lowest BCUT2D eigenvalue weighted by Gasteiger charge is -2.19. The van der Waals surface area contributed by atoms with Crippen LogP contribution in [0.3, 0.4) is 0 Å². The Labute approximate surface area is 140 Å². The summed E-state index contributed by atoms with van der Waals surface area (Å²) < 4.78 is 20.3. The summed E-state index contributed by atoms with van der Waals surface area (Å²) in [6, 6.07) is 5.96. The second kappa shape index (κ2) is 6.47. The summed E-state index contributed by atoms with van der Waals surface area (Å²) in [4.78, 5) is 11.7. The van der Waals surface area contributed by atoms with E-state index in [-0.39, 0.29) is 5.69 Å². The van der Waals surface area contributed by atoms with E-state index < -0.39 is 17.5 Å². The van der Waals surface area contributed by atoms with E-state index in [0.29, 0.717) is 21.6 Å². The molecule has 0 unspecified atom stereocenters. The van der Waals surface area contributed by atoms with E-state index in [1.54, 1.807) is 39.8 Å². The Morgan fingerprint density at radius 3 is 2.50 bits per heavy atom. The number of nitrogens with zero attached hydrogens (tertiary/aromatic N) is 1. The molecule has 1 amide bonds. The zero-order valence-electron chi connectivity index (χ0n) is 14.4. The zero-order valence-corrected chi connectivity index (χ0v) is 14.4. The van der Waals surface area contributed by atoms with Gasteiger partial charge in [0.25, 0.3) is 0 Å². The first-order valence-electron chi connectivity index (χ1n) is 7.58. The fourth-order valence-electron chi connectivity index (χ4n) is 2.39. The predicted molar refractivity (Wildman–Crippen MR) is 90.1 cm³/mol. The van der Waals surface area contributed by atoms with E-state index in [1.807, 2.05) is 6.92 Å². The molecule has 0 spiro atoms. The summed E-state index contributed by atoms with van der Waals surface area (Å²) in [5, 5.41) is 14.2. The first-order valence-corrected chi connectivity index (χ1v) is 7.58. The first-order chi connectivity index (χ1) is 11.1. The number of aromatic nitrogens is 1. The Kier molecular flexibility index (Phi) is 4.78. The number of hydrogen-bond acceptors (Lipinski definition) is 3. The third-order valence-corrected chi connectivity index (χ3v) is 3.43. The van der Waals surface area contributed by atoms with Gasteiger partial charge >= 0.3 is 6.09 Å². The molecular weight excluding hydrogens is 311 g/mol. The smallest absolute Gasteiger partial charge is 0.412 e. The monoisotopic (exact) mass is 332 g/mol. The molecule has 0 aliphatic carbocycles. The number of amides is 1. The molecule has 1 aromatic heterocycles. The van der Waals surface area contributed by atoms with Crippen LogP contribution in [-0.2, 0) is 4.74 Å². The molecule has 0 saturated carbocycles. The first kappa shape index (κ1) is 17.7. The molecule has 1 N–H and O–H groups in total. The number of aryl methyl sites for hydroxylation is 1. The van der Waals surface area contributed by atoms with E-state index in [4.69, 9.17) is 4.74 Å². The lowest BCUT2D eigenvalue weighted by Crippen LogP contribution is -2.30. The molecule has 0 fully saturated rings. The standard InChI is InChI=1S/C18H21FN2O3/c1-11-8-9-21(23)12(2)16(11)14-7-6-13(10-15(14)19)20-17(22)24-18(3,4)5/h6-10H,1-5H3,(H,20,22). The van der Waals surface area contributed by atoms with E-state index in [1.165, 1.54) is 18.3 Å². The number of carbonyl (C=O) groups is 1. The number of hydrogen-bond donors (Lipinski definition) is 1. The minimum Gasteiger partial charge on any atom is -0.618 e. The van der Waals surface area contributed by atoms with Crippen molar-refractivity contribution in [2.45, 2.75) is 40.2 Å². The van der Waals surface area contributed by atoms with Crippen LogP contribution < -0.4 is 10.0 Å². The maximum absolute atomic E-state index is 14.5. The number of ether oxygens (including phenoxy) is 1. The number of anilines is 1. The second-order valence-electron chi connectivity index (χ2n) is 6.61. The maximum atomic E-state index is 14.5. The molecule has 0 bridgehead atoms. The summed E-state index contributed by atoms with van der Waals surface area (Å²) in [5.41, 5.74) is 1.72. The number of benzene rings is 1. The Morgan fingerprint density at radius 2 is 1.92 bits per heavy atom. The summed E-state index contributed by atoms with van der Waals surface area (Å²) in [6.45, 7) is 8.69. The topological polar surface area (TPSA) is 65.3 Å². The number of nitrogens with one attached hydrogen (secondary N) is 1. The average molecular weight is 332 g/mol. The van der Waals surface area contributed by atoms with Crippen LogP contribution in [0.25, 0.3) is 11.1 Å². The molecule has 0 aliphatic rings. The van der Waals surface area contributed by atoms with Gasteiger partial charge in [-0.25, -0.2) is 9.18 Å². The van der Waals surface area contributed by atoms with Crippen LogP contribution in [0, 0.1) is 24.9 Å². The number of pyridine rings is 1. The highest BCUT2D eigenvalue weighted by Gasteiger charge is 2.19. The fourth-order valence-corrected chi connectivity index (χ4v) is 2.39. The molecule has 1 heterocycles. The molecule has 0 aliphatic heterocycles. The van der Waals surface area contributed by atoms with Gasteiger partial charge in [-0.3, -0.25) is 5.32 Å². The lowest BCUT2D eigenvalue weighted by molar-refractivity contribution is -0.611. The number of halogens is 1. The van der Waals surface area contributed by atoms with Crippen molar-refractivity contribution in [2.24, 2.45) is 0 Å². The van der Waals surface area contributed by atoms with Crippen molar-refractivity contribution in [1.82, 2.24) is 0 Å². The summed E-state index contributed by atoms with van der Waals surface area (Å²) in [7, 11) is 0. The minimum atomic E-state index is -0.654.